The average molecular weight is 383 g/mol. The fourth-order valence-electron chi connectivity index (χ4n) is 4.03. The molecule has 142 valence electrons. The average Bonchev–Trinajstić information content (AvgIpc) is 3.11. The highest BCUT2D eigenvalue weighted by Gasteiger charge is 2.60. The van der Waals surface area contributed by atoms with Gasteiger partial charge in [-0.3, -0.25) is 18.7 Å². The number of hydrogen-bond acceptors (Lipinski definition) is 6. The zero-order valence-electron chi connectivity index (χ0n) is 14.3. The van der Waals surface area contributed by atoms with E-state index in [9.17, 15) is 28.2 Å². The molecule has 2 N–H and O–H groups in total. The summed E-state index contributed by atoms with van der Waals surface area (Å²) in [4.78, 5) is 25.0. The Balaban J connectivity index is 1.82. The summed E-state index contributed by atoms with van der Waals surface area (Å²) >= 11 is 0. The van der Waals surface area contributed by atoms with E-state index in [2.05, 4.69) is 0 Å². The summed E-state index contributed by atoms with van der Waals surface area (Å²) < 4.78 is 29.9. The van der Waals surface area contributed by atoms with Crippen LogP contribution in [-0.2, 0) is 23.9 Å². The van der Waals surface area contributed by atoms with Crippen LogP contribution in [-0.4, -0.2) is 60.2 Å². The number of aliphatic carboxylic acids is 2. The molecule has 0 amide bonds. The van der Waals surface area contributed by atoms with Gasteiger partial charge < -0.3 is 10.2 Å². The largest absolute Gasteiger partial charge is 0.481 e. The van der Waals surface area contributed by atoms with Crippen molar-refractivity contribution >= 4 is 22.1 Å². The second-order valence-electron chi connectivity index (χ2n) is 6.90. The lowest BCUT2D eigenvalue weighted by Gasteiger charge is -2.31. The van der Waals surface area contributed by atoms with Crippen LogP contribution in [0.25, 0.3) is 0 Å². The van der Waals surface area contributed by atoms with Gasteiger partial charge in [0.2, 0.25) is 0 Å². The molecule has 3 atom stereocenters. The van der Waals surface area contributed by atoms with Crippen LogP contribution in [0.3, 0.4) is 0 Å². The molecule has 2 aliphatic heterocycles. The number of aryl methyl sites for hydroxylation is 1. The van der Waals surface area contributed by atoms with Gasteiger partial charge in [-0.05, 0) is 44.9 Å². The molecule has 2 heterocycles. The van der Waals surface area contributed by atoms with Crippen LogP contribution < -0.4 is 0 Å². The molecule has 0 aromatic heterocycles. The lowest BCUT2D eigenvalue weighted by atomic mass is 9.89. The van der Waals surface area contributed by atoms with Crippen LogP contribution in [0.1, 0.15) is 24.8 Å². The number of carboxylic acid groups (broad SMARTS) is 2. The zero-order chi connectivity index (χ0) is 19.1. The Bertz CT molecular complexity index is 820. The van der Waals surface area contributed by atoms with Gasteiger partial charge in [-0.25, -0.2) is 0 Å². The Hall–Kier alpha value is -1.97. The molecular weight excluding hydrogens is 362 g/mol. The van der Waals surface area contributed by atoms with Crippen molar-refractivity contribution in [1.82, 2.24) is 4.90 Å². The molecule has 1 aromatic carbocycles. The topological polar surface area (TPSA) is 121 Å². The summed E-state index contributed by atoms with van der Waals surface area (Å²) in [6, 6.07) is 5.33. The molecule has 26 heavy (non-hydrogen) atoms. The first kappa shape index (κ1) is 18.8. The molecule has 2 fully saturated rings. The number of benzene rings is 1. The van der Waals surface area contributed by atoms with Crippen LogP contribution in [0.4, 0.5) is 0 Å². The van der Waals surface area contributed by atoms with Gasteiger partial charge in [0.15, 0.2) is 0 Å². The van der Waals surface area contributed by atoms with Gasteiger partial charge in [-0.15, -0.1) is 0 Å². The second-order valence-corrected chi connectivity index (χ2v) is 8.52. The Morgan fingerprint density at radius 3 is 2.50 bits per heavy atom. The normalized spacial score (nSPS) is 28.8. The maximum absolute atomic E-state index is 12.4. The SMILES string of the molecule is Cc1ccc(S(=O)(=O)OC[C@@H]2[C@H](C(=O)O)C[C@]3(C(=O)O)CCCN23)cc1. The minimum atomic E-state index is -4.05. The molecule has 3 rings (SSSR count). The molecule has 8 nitrogen and oxygen atoms in total. The minimum Gasteiger partial charge on any atom is -0.481 e. The smallest absolute Gasteiger partial charge is 0.324 e. The van der Waals surface area contributed by atoms with Gasteiger partial charge in [0, 0.05) is 6.04 Å². The number of rotatable bonds is 6. The third-order valence-corrected chi connectivity index (χ3v) is 6.68. The van der Waals surface area contributed by atoms with Crippen molar-refractivity contribution in [2.45, 2.75) is 42.7 Å². The first-order valence-electron chi connectivity index (χ1n) is 8.36. The molecule has 0 radical (unpaired) electrons. The molecule has 9 heteroatoms. The fraction of sp³-hybridized carbons (Fsp3) is 0.529. The Labute approximate surface area is 151 Å². The number of fused-ring (bicyclic) bond motifs is 1. The van der Waals surface area contributed by atoms with Crippen molar-refractivity contribution < 1.29 is 32.4 Å². The number of carbonyl (C=O) groups is 2. The van der Waals surface area contributed by atoms with Crippen molar-refractivity contribution in [2.24, 2.45) is 5.92 Å². The Morgan fingerprint density at radius 1 is 1.27 bits per heavy atom. The van der Waals surface area contributed by atoms with Gasteiger partial charge in [0.1, 0.15) is 5.54 Å². The van der Waals surface area contributed by atoms with E-state index in [1.54, 1.807) is 17.0 Å². The minimum absolute atomic E-state index is 0.0149. The summed E-state index contributed by atoms with van der Waals surface area (Å²) in [5, 5.41) is 19.1. The van der Waals surface area contributed by atoms with Crippen molar-refractivity contribution in [3.63, 3.8) is 0 Å². The maximum Gasteiger partial charge on any atom is 0.324 e. The first-order valence-corrected chi connectivity index (χ1v) is 9.77. The standard InChI is InChI=1S/C17H21NO7S/c1-11-3-5-12(6-4-11)26(23,24)25-10-14-13(15(19)20)9-17(16(21)22)7-2-8-18(14)17/h3-6,13-14H,2,7-10H2,1H3,(H,19,20)(H,21,22)/t13-,14-,17+/m1/s1. The highest BCUT2D eigenvalue weighted by Crippen LogP contribution is 2.46. The molecule has 0 saturated carbocycles. The molecule has 2 saturated heterocycles. The molecule has 0 spiro atoms. The van der Waals surface area contributed by atoms with E-state index in [0.717, 1.165) is 5.56 Å². The summed E-state index contributed by atoms with van der Waals surface area (Å²) in [6.45, 7) is 1.85. The molecule has 1 aromatic rings. The monoisotopic (exact) mass is 383 g/mol. The lowest BCUT2D eigenvalue weighted by molar-refractivity contribution is -0.148. The number of nitrogens with zero attached hydrogens (tertiary/aromatic N) is 1. The first-order chi connectivity index (χ1) is 12.2. The lowest BCUT2D eigenvalue weighted by Crippen LogP contribution is -2.50. The summed E-state index contributed by atoms with van der Waals surface area (Å²) in [5.74, 6) is -3.19. The molecular formula is C17H21NO7S. The van der Waals surface area contributed by atoms with Crippen LogP contribution >= 0.6 is 0 Å². The van der Waals surface area contributed by atoms with E-state index in [1.807, 2.05) is 6.92 Å². The maximum atomic E-state index is 12.4. The predicted molar refractivity (Wildman–Crippen MR) is 90.2 cm³/mol. The molecule has 2 aliphatic rings. The van der Waals surface area contributed by atoms with E-state index >= 15 is 0 Å². The van der Waals surface area contributed by atoms with Crippen LogP contribution in [0.5, 0.6) is 0 Å². The molecule has 0 aliphatic carbocycles. The van der Waals surface area contributed by atoms with E-state index in [4.69, 9.17) is 4.18 Å². The van der Waals surface area contributed by atoms with E-state index in [1.165, 1.54) is 12.1 Å². The van der Waals surface area contributed by atoms with Crippen molar-refractivity contribution in [3.05, 3.63) is 29.8 Å². The predicted octanol–water partition coefficient (Wildman–Crippen LogP) is 1.09. The highest BCUT2D eigenvalue weighted by molar-refractivity contribution is 7.86. The number of carboxylic acids is 2. The fourth-order valence-corrected chi connectivity index (χ4v) is 4.95. The quantitative estimate of drug-likeness (QED) is 0.700. The Kier molecular flexibility index (Phi) is 4.80. The highest BCUT2D eigenvalue weighted by atomic mass is 32.2. The molecule has 0 bridgehead atoms. The third kappa shape index (κ3) is 3.10. The van der Waals surface area contributed by atoms with Gasteiger partial charge >= 0.3 is 11.9 Å². The van der Waals surface area contributed by atoms with Gasteiger partial charge in [-0.1, -0.05) is 17.7 Å². The summed E-state index contributed by atoms with van der Waals surface area (Å²) in [5.41, 5.74) is -0.348. The van der Waals surface area contributed by atoms with Crippen LogP contribution in [0.15, 0.2) is 29.2 Å². The van der Waals surface area contributed by atoms with E-state index < -0.39 is 39.6 Å². The van der Waals surface area contributed by atoms with Gasteiger partial charge in [-0.2, -0.15) is 8.42 Å². The van der Waals surface area contributed by atoms with Crippen LogP contribution in [0, 0.1) is 12.8 Å². The molecule has 0 unspecified atom stereocenters. The zero-order valence-corrected chi connectivity index (χ0v) is 15.1. The van der Waals surface area contributed by atoms with Crippen molar-refractivity contribution in [1.29, 1.82) is 0 Å². The van der Waals surface area contributed by atoms with Crippen molar-refractivity contribution in [3.8, 4) is 0 Å². The van der Waals surface area contributed by atoms with Gasteiger partial charge in [0.25, 0.3) is 10.1 Å². The summed E-state index contributed by atoms with van der Waals surface area (Å²) in [7, 11) is -4.05. The Morgan fingerprint density at radius 2 is 1.92 bits per heavy atom. The van der Waals surface area contributed by atoms with E-state index in [0.29, 0.717) is 19.4 Å². The van der Waals surface area contributed by atoms with E-state index in [-0.39, 0.29) is 17.9 Å². The summed E-state index contributed by atoms with van der Waals surface area (Å²) in [6.07, 6.45) is 0.934. The number of hydrogen-bond donors (Lipinski definition) is 2. The van der Waals surface area contributed by atoms with Crippen LogP contribution in [0.2, 0.25) is 0 Å². The second kappa shape index (κ2) is 6.64. The van der Waals surface area contributed by atoms with Crippen molar-refractivity contribution in [2.75, 3.05) is 13.2 Å². The van der Waals surface area contributed by atoms with Gasteiger partial charge in [0.05, 0.1) is 17.4 Å². The third-order valence-electron chi connectivity index (χ3n) is 5.38.